The van der Waals surface area contributed by atoms with Gasteiger partial charge in [-0.15, -0.1) is 0 Å². The molecule has 0 fully saturated rings. The van der Waals surface area contributed by atoms with E-state index in [4.69, 9.17) is 9.52 Å². The van der Waals surface area contributed by atoms with E-state index in [1.807, 2.05) is 0 Å². The summed E-state index contributed by atoms with van der Waals surface area (Å²) >= 11 is 0. The third-order valence-corrected chi connectivity index (χ3v) is 2.42. The van der Waals surface area contributed by atoms with Gasteiger partial charge in [-0.2, -0.15) is 18.2 Å². The maximum Gasteiger partial charge on any atom is 0.416 e. The van der Waals surface area contributed by atoms with E-state index in [1.54, 1.807) is 0 Å². The lowest BCUT2D eigenvalue weighted by Crippen LogP contribution is -2.04. The van der Waals surface area contributed by atoms with Crippen LogP contribution >= 0.6 is 0 Å². The number of aromatic nitrogens is 1. The summed E-state index contributed by atoms with van der Waals surface area (Å²) < 4.78 is 47.4. The van der Waals surface area contributed by atoms with Crippen LogP contribution in [0.25, 0.3) is 11.5 Å². The Kier molecular flexibility index (Phi) is 3.39. The Morgan fingerprint density at radius 3 is 2.60 bits per heavy atom. The number of aromatic carboxylic acids is 1. The SMILES string of the molecule is COc1oc(-c2cccc(C(F)(F)F)c2)nc1C(=O)O. The molecule has 1 heterocycles. The van der Waals surface area contributed by atoms with Crippen molar-refractivity contribution in [2.45, 2.75) is 6.18 Å². The highest BCUT2D eigenvalue weighted by atomic mass is 19.4. The molecule has 0 amide bonds. The second-order valence-corrected chi connectivity index (χ2v) is 3.74. The number of carboxylic acid groups (broad SMARTS) is 1. The number of methoxy groups -OCH3 is 1. The van der Waals surface area contributed by atoms with Crippen molar-refractivity contribution < 1.29 is 32.2 Å². The highest BCUT2D eigenvalue weighted by Gasteiger charge is 2.31. The second kappa shape index (κ2) is 4.87. The van der Waals surface area contributed by atoms with Crippen LogP contribution in [0.2, 0.25) is 0 Å². The summed E-state index contributed by atoms with van der Waals surface area (Å²) in [7, 11) is 1.17. The Morgan fingerprint density at radius 2 is 2.10 bits per heavy atom. The zero-order chi connectivity index (χ0) is 14.9. The van der Waals surface area contributed by atoms with Crippen molar-refractivity contribution in [3.63, 3.8) is 0 Å². The summed E-state index contributed by atoms with van der Waals surface area (Å²) in [5.74, 6) is -2.03. The van der Waals surface area contributed by atoms with Crippen LogP contribution in [-0.2, 0) is 6.18 Å². The molecule has 0 aliphatic heterocycles. The molecule has 0 bridgehead atoms. The maximum absolute atomic E-state index is 12.6. The van der Waals surface area contributed by atoms with Gasteiger partial charge in [-0.05, 0) is 18.2 Å². The molecular formula is C12H8F3NO4. The lowest BCUT2D eigenvalue weighted by molar-refractivity contribution is -0.137. The quantitative estimate of drug-likeness (QED) is 0.939. The molecule has 0 radical (unpaired) electrons. The van der Waals surface area contributed by atoms with E-state index >= 15 is 0 Å². The monoisotopic (exact) mass is 287 g/mol. The average Bonchev–Trinajstić information content (AvgIpc) is 2.82. The predicted molar refractivity (Wildman–Crippen MR) is 60.5 cm³/mol. The molecule has 5 nitrogen and oxygen atoms in total. The molecule has 0 aliphatic rings. The molecule has 2 aromatic rings. The van der Waals surface area contributed by atoms with Crippen LogP contribution in [-0.4, -0.2) is 23.2 Å². The molecular weight excluding hydrogens is 279 g/mol. The maximum atomic E-state index is 12.6. The number of hydrogen-bond acceptors (Lipinski definition) is 4. The summed E-state index contributed by atoms with van der Waals surface area (Å²) in [6, 6.07) is 4.21. The van der Waals surface area contributed by atoms with Crippen molar-refractivity contribution in [2.75, 3.05) is 7.11 Å². The Labute approximate surface area is 110 Å². The van der Waals surface area contributed by atoms with E-state index in [0.717, 1.165) is 12.1 Å². The topological polar surface area (TPSA) is 72.6 Å². The smallest absolute Gasteiger partial charge is 0.416 e. The van der Waals surface area contributed by atoms with E-state index in [9.17, 15) is 18.0 Å². The Morgan fingerprint density at radius 1 is 1.40 bits per heavy atom. The molecule has 0 saturated heterocycles. The van der Waals surface area contributed by atoms with E-state index in [-0.39, 0.29) is 17.4 Å². The number of oxazole rings is 1. The number of nitrogens with zero attached hydrogens (tertiary/aromatic N) is 1. The summed E-state index contributed by atoms with van der Waals surface area (Å²) in [5.41, 5.74) is -1.38. The number of alkyl halides is 3. The van der Waals surface area contributed by atoms with Gasteiger partial charge in [-0.1, -0.05) is 6.07 Å². The van der Waals surface area contributed by atoms with Crippen molar-refractivity contribution in [3.05, 3.63) is 35.5 Å². The minimum Gasteiger partial charge on any atom is -0.476 e. The van der Waals surface area contributed by atoms with Crippen molar-refractivity contribution in [1.82, 2.24) is 4.98 Å². The average molecular weight is 287 g/mol. The molecule has 2 rings (SSSR count). The highest BCUT2D eigenvalue weighted by Crippen LogP contribution is 2.33. The number of rotatable bonds is 3. The zero-order valence-electron chi connectivity index (χ0n) is 10.1. The molecule has 0 unspecified atom stereocenters. The molecule has 0 spiro atoms. The minimum absolute atomic E-state index is 0.00521. The Bertz CT molecular complexity index is 648. The number of benzene rings is 1. The van der Waals surface area contributed by atoms with E-state index in [1.165, 1.54) is 19.2 Å². The number of ether oxygens (including phenoxy) is 1. The van der Waals surface area contributed by atoms with Crippen LogP contribution in [0.3, 0.4) is 0 Å². The normalized spacial score (nSPS) is 11.4. The van der Waals surface area contributed by atoms with E-state index in [0.29, 0.717) is 0 Å². The summed E-state index contributed by atoms with van der Waals surface area (Å²) in [6.07, 6.45) is -4.51. The largest absolute Gasteiger partial charge is 0.476 e. The summed E-state index contributed by atoms with van der Waals surface area (Å²) in [5, 5.41) is 8.86. The Hall–Kier alpha value is -2.51. The van der Waals surface area contributed by atoms with Crippen LogP contribution in [0.15, 0.2) is 28.7 Å². The lowest BCUT2D eigenvalue weighted by Gasteiger charge is -2.06. The Balaban J connectivity index is 2.49. The zero-order valence-corrected chi connectivity index (χ0v) is 10.1. The van der Waals surface area contributed by atoms with Gasteiger partial charge in [-0.25, -0.2) is 4.79 Å². The first-order chi connectivity index (χ1) is 9.32. The van der Waals surface area contributed by atoms with Gasteiger partial charge in [-0.3, -0.25) is 0 Å². The third kappa shape index (κ3) is 2.58. The van der Waals surface area contributed by atoms with Crippen LogP contribution < -0.4 is 4.74 Å². The first-order valence-corrected chi connectivity index (χ1v) is 5.28. The van der Waals surface area contributed by atoms with Gasteiger partial charge in [0, 0.05) is 5.56 Å². The van der Waals surface area contributed by atoms with Gasteiger partial charge in [0.15, 0.2) is 0 Å². The number of hydrogen-bond donors (Lipinski definition) is 1. The first kappa shape index (κ1) is 13.9. The fourth-order valence-corrected chi connectivity index (χ4v) is 1.53. The van der Waals surface area contributed by atoms with Crippen LogP contribution in [0.4, 0.5) is 13.2 Å². The van der Waals surface area contributed by atoms with Crippen molar-refractivity contribution >= 4 is 5.97 Å². The van der Waals surface area contributed by atoms with Gasteiger partial charge in [0.2, 0.25) is 11.6 Å². The van der Waals surface area contributed by atoms with Crippen LogP contribution in [0, 0.1) is 0 Å². The van der Waals surface area contributed by atoms with Crippen LogP contribution in [0.5, 0.6) is 5.95 Å². The predicted octanol–water partition coefficient (Wildman–Crippen LogP) is 3.07. The van der Waals surface area contributed by atoms with Crippen LogP contribution in [0.1, 0.15) is 16.1 Å². The minimum atomic E-state index is -4.51. The first-order valence-electron chi connectivity index (χ1n) is 5.28. The van der Waals surface area contributed by atoms with Gasteiger partial charge in [0.25, 0.3) is 0 Å². The fourth-order valence-electron chi connectivity index (χ4n) is 1.53. The number of carboxylic acids is 1. The molecule has 1 N–H and O–H groups in total. The molecule has 0 aliphatic carbocycles. The van der Waals surface area contributed by atoms with Crippen molar-refractivity contribution in [3.8, 4) is 17.4 Å². The van der Waals surface area contributed by atoms with Gasteiger partial charge < -0.3 is 14.3 Å². The summed E-state index contributed by atoms with van der Waals surface area (Å²) in [6.45, 7) is 0. The van der Waals surface area contributed by atoms with Gasteiger partial charge in [0.05, 0.1) is 12.7 Å². The molecule has 1 aromatic heterocycles. The molecule has 106 valence electrons. The molecule has 0 atom stereocenters. The van der Waals surface area contributed by atoms with Gasteiger partial charge in [0.1, 0.15) is 0 Å². The lowest BCUT2D eigenvalue weighted by atomic mass is 10.1. The van der Waals surface area contributed by atoms with E-state index in [2.05, 4.69) is 9.72 Å². The molecule has 0 saturated carbocycles. The van der Waals surface area contributed by atoms with Crippen molar-refractivity contribution in [1.29, 1.82) is 0 Å². The van der Waals surface area contributed by atoms with E-state index < -0.39 is 23.4 Å². The standard InChI is InChI=1S/C12H8F3NO4/c1-19-11-8(10(17)18)16-9(20-11)6-3-2-4-7(5-6)12(13,14)15/h2-5H,1H3,(H,17,18). The molecule has 8 heteroatoms. The summed E-state index contributed by atoms with van der Waals surface area (Å²) in [4.78, 5) is 14.5. The fraction of sp³-hybridized carbons (Fsp3) is 0.167. The number of carbonyl (C=O) groups is 1. The van der Waals surface area contributed by atoms with Gasteiger partial charge >= 0.3 is 18.1 Å². The third-order valence-electron chi connectivity index (χ3n) is 2.42. The second-order valence-electron chi connectivity index (χ2n) is 3.74. The molecule has 1 aromatic carbocycles. The van der Waals surface area contributed by atoms with Crippen molar-refractivity contribution in [2.24, 2.45) is 0 Å². The molecule has 20 heavy (non-hydrogen) atoms. The number of halogens is 3. The highest BCUT2D eigenvalue weighted by molar-refractivity contribution is 5.88.